The molecular formula is C36H58NO10P. The summed E-state index contributed by atoms with van der Waals surface area (Å²) >= 11 is 0. The highest BCUT2D eigenvalue weighted by atomic mass is 31.2. The highest BCUT2D eigenvalue weighted by Gasteiger charge is 2.28. The number of allylic oxidation sites excluding steroid dienone is 12. The van der Waals surface area contributed by atoms with Crippen molar-refractivity contribution in [1.29, 1.82) is 0 Å². The third-order valence-electron chi connectivity index (χ3n) is 6.56. The molecule has 0 fully saturated rings. The molecular weight excluding hydrogens is 637 g/mol. The highest BCUT2D eigenvalue weighted by molar-refractivity contribution is 7.47. The SMILES string of the molecule is CC/C=C/C=C/C=C/C=C/CCCCCC(=O)OC(COC(=O)CCCCC/C=C/C=C/CCCC)COP(=O)(O)OC[C@H](N)C(=O)O. The van der Waals surface area contributed by atoms with E-state index >= 15 is 0 Å². The monoisotopic (exact) mass is 695 g/mol. The summed E-state index contributed by atoms with van der Waals surface area (Å²) < 4.78 is 32.4. The van der Waals surface area contributed by atoms with E-state index in [1.165, 1.54) is 12.8 Å². The van der Waals surface area contributed by atoms with Crippen LogP contribution in [0.25, 0.3) is 0 Å². The molecule has 0 aliphatic heterocycles. The number of ether oxygens (including phenoxy) is 2. The number of hydrogen-bond donors (Lipinski definition) is 3. The van der Waals surface area contributed by atoms with Crippen LogP contribution in [0.15, 0.2) is 72.9 Å². The van der Waals surface area contributed by atoms with Gasteiger partial charge in [0, 0.05) is 12.8 Å². The first-order valence-electron chi connectivity index (χ1n) is 17.0. The van der Waals surface area contributed by atoms with Crippen LogP contribution in [0.1, 0.15) is 104 Å². The molecule has 0 aromatic rings. The van der Waals surface area contributed by atoms with Gasteiger partial charge < -0.3 is 25.2 Å². The minimum absolute atomic E-state index is 0.105. The lowest BCUT2D eigenvalue weighted by Gasteiger charge is -2.20. The molecule has 0 rings (SSSR count). The van der Waals surface area contributed by atoms with E-state index in [9.17, 15) is 23.8 Å². The first-order valence-corrected chi connectivity index (χ1v) is 18.5. The number of phosphoric acid groups is 1. The molecule has 272 valence electrons. The summed E-state index contributed by atoms with van der Waals surface area (Å²) in [5, 5.41) is 8.83. The molecule has 0 saturated carbocycles. The van der Waals surface area contributed by atoms with E-state index in [4.69, 9.17) is 24.8 Å². The minimum Gasteiger partial charge on any atom is -0.480 e. The normalized spacial score (nSPS) is 14.9. The lowest BCUT2D eigenvalue weighted by molar-refractivity contribution is -0.161. The summed E-state index contributed by atoms with van der Waals surface area (Å²) in [6.45, 7) is 2.48. The van der Waals surface area contributed by atoms with Crippen molar-refractivity contribution in [3.05, 3.63) is 72.9 Å². The van der Waals surface area contributed by atoms with Gasteiger partial charge in [0.15, 0.2) is 6.10 Å². The lowest BCUT2D eigenvalue weighted by atomic mass is 10.1. The number of unbranched alkanes of at least 4 members (excludes halogenated alkanes) is 8. The number of nitrogens with two attached hydrogens (primary N) is 1. The van der Waals surface area contributed by atoms with E-state index < -0.39 is 51.1 Å². The molecule has 0 saturated heterocycles. The average molecular weight is 696 g/mol. The number of carboxylic acids is 1. The van der Waals surface area contributed by atoms with Crippen LogP contribution in [0.4, 0.5) is 0 Å². The van der Waals surface area contributed by atoms with Gasteiger partial charge in [-0.15, -0.1) is 0 Å². The molecule has 11 nitrogen and oxygen atoms in total. The zero-order chi connectivity index (χ0) is 35.7. The zero-order valence-electron chi connectivity index (χ0n) is 28.8. The van der Waals surface area contributed by atoms with Gasteiger partial charge in [-0.05, 0) is 51.4 Å². The van der Waals surface area contributed by atoms with E-state index in [2.05, 4.69) is 48.8 Å². The minimum atomic E-state index is -4.73. The summed E-state index contributed by atoms with van der Waals surface area (Å²) in [5.41, 5.74) is 5.29. The zero-order valence-corrected chi connectivity index (χ0v) is 29.7. The summed E-state index contributed by atoms with van der Waals surface area (Å²) in [6.07, 6.45) is 34.2. The molecule has 0 radical (unpaired) electrons. The van der Waals surface area contributed by atoms with E-state index in [-0.39, 0.29) is 19.4 Å². The van der Waals surface area contributed by atoms with Crippen LogP contribution in [0.5, 0.6) is 0 Å². The van der Waals surface area contributed by atoms with E-state index in [1.807, 2.05) is 42.5 Å². The topological polar surface area (TPSA) is 172 Å². The first-order chi connectivity index (χ1) is 23.1. The Hall–Kier alpha value is -3.08. The van der Waals surface area contributed by atoms with Gasteiger partial charge in [-0.1, -0.05) is 112 Å². The van der Waals surface area contributed by atoms with Crippen molar-refractivity contribution in [3.8, 4) is 0 Å². The summed E-state index contributed by atoms with van der Waals surface area (Å²) in [7, 11) is -4.73. The van der Waals surface area contributed by atoms with Crippen molar-refractivity contribution in [2.24, 2.45) is 5.73 Å². The maximum atomic E-state index is 12.5. The number of phosphoric ester groups is 1. The van der Waals surface area contributed by atoms with Crippen LogP contribution in [-0.2, 0) is 37.5 Å². The van der Waals surface area contributed by atoms with E-state index in [0.29, 0.717) is 12.8 Å². The van der Waals surface area contributed by atoms with Gasteiger partial charge in [-0.3, -0.25) is 23.4 Å². The van der Waals surface area contributed by atoms with Crippen LogP contribution in [0.2, 0.25) is 0 Å². The molecule has 48 heavy (non-hydrogen) atoms. The first kappa shape index (κ1) is 44.9. The Morgan fingerprint density at radius 2 is 1.17 bits per heavy atom. The second-order valence-corrected chi connectivity index (χ2v) is 12.5. The molecule has 2 unspecified atom stereocenters. The molecule has 0 aliphatic carbocycles. The Morgan fingerprint density at radius 3 is 1.73 bits per heavy atom. The summed E-state index contributed by atoms with van der Waals surface area (Å²) in [4.78, 5) is 45.5. The molecule has 0 amide bonds. The lowest BCUT2D eigenvalue weighted by Crippen LogP contribution is -2.34. The fourth-order valence-corrected chi connectivity index (χ4v) is 4.59. The molecule has 4 N–H and O–H groups in total. The van der Waals surface area contributed by atoms with Crippen molar-refractivity contribution in [3.63, 3.8) is 0 Å². The number of hydrogen-bond acceptors (Lipinski definition) is 9. The summed E-state index contributed by atoms with van der Waals surface area (Å²) in [6, 6.07) is -1.53. The Morgan fingerprint density at radius 1 is 0.667 bits per heavy atom. The molecule has 0 bridgehead atoms. The summed E-state index contributed by atoms with van der Waals surface area (Å²) in [5.74, 6) is -2.48. The maximum absolute atomic E-state index is 12.5. The highest BCUT2D eigenvalue weighted by Crippen LogP contribution is 2.43. The van der Waals surface area contributed by atoms with Gasteiger partial charge in [-0.25, -0.2) is 4.57 Å². The van der Waals surface area contributed by atoms with Crippen molar-refractivity contribution in [2.45, 2.75) is 116 Å². The van der Waals surface area contributed by atoms with Gasteiger partial charge in [0.05, 0.1) is 13.2 Å². The number of carbonyl (C=O) groups excluding carboxylic acids is 2. The fraction of sp³-hybridized carbons (Fsp3) is 0.583. The number of rotatable bonds is 30. The van der Waals surface area contributed by atoms with E-state index in [1.54, 1.807) is 0 Å². The van der Waals surface area contributed by atoms with Crippen molar-refractivity contribution in [1.82, 2.24) is 0 Å². The third kappa shape index (κ3) is 30.3. The molecule has 3 atom stereocenters. The van der Waals surface area contributed by atoms with Crippen LogP contribution < -0.4 is 5.73 Å². The molecule has 0 aromatic heterocycles. The van der Waals surface area contributed by atoms with Crippen molar-refractivity contribution in [2.75, 3.05) is 19.8 Å². The molecule has 12 heteroatoms. The van der Waals surface area contributed by atoms with Gasteiger partial charge in [0.1, 0.15) is 12.6 Å². The van der Waals surface area contributed by atoms with E-state index in [0.717, 1.165) is 51.4 Å². The van der Waals surface area contributed by atoms with Crippen LogP contribution >= 0.6 is 7.82 Å². The number of carboxylic acid groups (broad SMARTS) is 1. The maximum Gasteiger partial charge on any atom is 0.472 e. The Bertz CT molecular complexity index is 1100. The Labute approximate surface area is 287 Å². The smallest absolute Gasteiger partial charge is 0.472 e. The van der Waals surface area contributed by atoms with Gasteiger partial charge >= 0.3 is 25.7 Å². The standard InChI is InChI=1S/C36H58NO10P/c1-3-5-7-9-11-13-15-16-18-20-22-24-26-28-35(39)47-32(30-45-48(42,43)46-31-33(37)36(40)41)29-44-34(38)27-25-23-21-19-17-14-12-10-8-6-4-2/h5,7,9-18,32-33H,3-4,6,8,19-31,37H2,1-2H3,(H,40,41)(H,42,43)/b7-5+,11-9+,12-10+,15-13+,17-14+,18-16+/t32?,33-/m0/s1. The van der Waals surface area contributed by atoms with Crippen LogP contribution in [0.3, 0.4) is 0 Å². The Kier molecular flexibility index (Phi) is 29.2. The fourth-order valence-electron chi connectivity index (χ4n) is 3.81. The van der Waals surface area contributed by atoms with Crippen molar-refractivity contribution >= 4 is 25.7 Å². The molecule has 0 heterocycles. The third-order valence-corrected chi connectivity index (χ3v) is 7.51. The number of carbonyl (C=O) groups is 3. The predicted molar refractivity (Wildman–Crippen MR) is 189 cm³/mol. The number of aliphatic carboxylic acids is 1. The average Bonchev–Trinajstić information content (AvgIpc) is 3.05. The van der Waals surface area contributed by atoms with Gasteiger partial charge in [0.2, 0.25) is 0 Å². The largest absolute Gasteiger partial charge is 0.480 e. The van der Waals surface area contributed by atoms with Crippen LogP contribution in [-0.4, -0.2) is 59.9 Å². The van der Waals surface area contributed by atoms with Gasteiger partial charge in [-0.2, -0.15) is 0 Å². The molecule has 0 aliphatic rings. The Balaban J connectivity index is 4.65. The second kappa shape index (κ2) is 31.2. The predicted octanol–water partition coefficient (Wildman–Crippen LogP) is 7.83. The van der Waals surface area contributed by atoms with Crippen molar-refractivity contribution < 1.29 is 47.5 Å². The molecule has 0 aromatic carbocycles. The number of esters is 2. The van der Waals surface area contributed by atoms with Crippen LogP contribution in [0, 0.1) is 0 Å². The van der Waals surface area contributed by atoms with Gasteiger partial charge in [0.25, 0.3) is 0 Å². The second-order valence-electron chi connectivity index (χ2n) is 11.0. The quantitative estimate of drug-likeness (QED) is 0.0289. The molecule has 0 spiro atoms.